The molecule has 1 aromatic heterocycles. The maximum Gasteiger partial charge on any atom is 0.378 e. The molecule has 2 rings (SSSR count). The van der Waals surface area contributed by atoms with Crippen LogP contribution >= 0.6 is 12.9 Å². The fraction of sp³-hybridized carbons (Fsp3) is 0. The van der Waals surface area contributed by atoms with Gasteiger partial charge in [0.2, 0.25) is 0 Å². The monoisotopic (exact) mass is 230 g/mol. The molecule has 14 heavy (non-hydrogen) atoms. The van der Waals surface area contributed by atoms with Crippen LogP contribution < -0.4 is 0 Å². The van der Waals surface area contributed by atoms with E-state index in [1.54, 1.807) is 24.3 Å². The smallest absolute Gasteiger partial charge is 0.236 e. The van der Waals surface area contributed by atoms with Crippen LogP contribution in [0.1, 0.15) is 0 Å². The van der Waals surface area contributed by atoms with Gasteiger partial charge >= 0.3 is 10.3 Å². The molecule has 0 bridgehead atoms. The predicted octanol–water partition coefficient (Wildman–Crippen LogP) is 0.991. The second kappa shape index (κ2) is 3.26. The van der Waals surface area contributed by atoms with Gasteiger partial charge in [-0.3, -0.25) is 0 Å². The zero-order chi connectivity index (χ0) is 10.2. The van der Waals surface area contributed by atoms with Crippen molar-refractivity contribution in [2.75, 3.05) is 0 Å². The Morgan fingerprint density at radius 1 is 1.36 bits per heavy atom. The summed E-state index contributed by atoms with van der Waals surface area (Å²) in [4.78, 5) is 3.90. The number of nitrogens with zero attached hydrogens (tertiary/aromatic N) is 2. The van der Waals surface area contributed by atoms with Crippen LogP contribution in [0.2, 0.25) is 0 Å². The topological polar surface area (TPSA) is 61.2 Å². The van der Waals surface area contributed by atoms with Gasteiger partial charge in [0.1, 0.15) is 6.33 Å². The lowest BCUT2D eigenvalue weighted by atomic mass is 10.3. The van der Waals surface area contributed by atoms with Crippen molar-refractivity contribution in [2.24, 2.45) is 0 Å². The normalized spacial score (nSPS) is 12.1. The molecule has 0 saturated carbocycles. The van der Waals surface area contributed by atoms with Crippen LogP contribution in [0.5, 0.6) is 0 Å². The molecule has 0 fully saturated rings. The molecule has 0 saturated heterocycles. The lowest BCUT2D eigenvalue weighted by Crippen LogP contribution is -2.10. The van der Waals surface area contributed by atoms with Crippen molar-refractivity contribution in [3.8, 4) is 0 Å². The molecular weight excluding hydrogens is 224 g/mol. The SMILES string of the molecule is O=S(=O)(OS)n1cnc2ccccc21. The second-order valence-corrected chi connectivity index (χ2v) is 4.41. The van der Waals surface area contributed by atoms with Gasteiger partial charge in [-0.2, -0.15) is 12.0 Å². The van der Waals surface area contributed by atoms with Gasteiger partial charge in [0, 0.05) is 0 Å². The molecule has 0 radical (unpaired) electrons. The van der Waals surface area contributed by atoms with Crippen molar-refractivity contribution in [2.45, 2.75) is 0 Å². The number of fused-ring (bicyclic) bond motifs is 1. The van der Waals surface area contributed by atoms with E-state index in [0.29, 0.717) is 11.0 Å². The zero-order valence-electron chi connectivity index (χ0n) is 6.86. The molecule has 0 atom stereocenters. The number of thiol groups is 1. The van der Waals surface area contributed by atoms with Crippen molar-refractivity contribution in [1.29, 1.82) is 0 Å². The molecule has 0 aliphatic rings. The fourth-order valence-electron chi connectivity index (χ4n) is 1.15. The number of hydrogen-bond acceptors (Lipinski definition) is 5. The lowest BCUT2D eigenvalue weighted by Gasteiger charge is -2.00. The van der Waals surface area contributed by atoms with Gasteiger partial charge < -0.3 is 0 Å². The molecule has 74 valence electrons. The molecule has 0 aliphatic carbocycles. The Kier molecular flexibility index (Phi) is 2.22. The molecule has 7 heteroatoms. The highest BCUT2D eigenvalue weighted by Crippen LogP contribution is 2.15. The first-order valence-corrected chi connectivity index (χ1v) is 5.39. The summed E-state index contributed by atoms with van der Waals surface area (Å²) in [6.45, 7) is 0. The number of rotatable bonds is 2. The van der Waals surface area contributed by atoms with Gasteiger partial charge in [-0.05, 0) is 25.0 Å². The van der Waals surface area contributed by atoms with Crippen molar-refractivity contribution < 1.29 is 12.0 Å². The molecule has 0 spiro atoms. The Morgan fingerprint density at radius 2 is 2.07 bits per heavy atom. The average molecular weight is 230 g/mol. The van der Waals surface area contributed by atoms with Crippen molar-refractivity contribution in [3.05, 3.63) is 30.6 Å². The van der Waals surface area contributed by atoms with Crippen molar-refractivity contribution >= 4 is 34.2 Å². The first-order chi connectivity index (χ1) is 6.65. The summed E-state index contributed by atoms with van der Waals surface area (Å²) in [7, 11) is -3.86. The molecule has 1 heterocycles. The van der Waals surface area contributed by atoms with Gasteiger partial charge in [-0.1, -0.05) is 12.1 Å². The van der Waals surface area contributed by atoms with E-state index >= 15 is 0 Å². The maximum atomic E-state index is 11.3. The van der Waals surface area contributed by atoms with Gasteiger partial charge in [0.25, 0.3) is 0 Å². The van der Waals surface area contributed by atoms with Crippen LogP contribution in [0.15, 0.2) is 30.6 Å². The molecule has 2 aromatic rings. The number of imidazole rings is 1. The van der Waals surface area contributed by atoms with Crippen molar-refractivity contribution in [3.63, 3.8) is 0 Å². The van der Waals surface area contributed by atoms with E-state index in [1.165, 1.54) is 6.33 Å². The Balaban J connectivity index is 2.77. The Labute approximate surface area is 86.2 Å². The first kappa shape index (κ1) is 9.50. The minimum absolute atomic E-state index is 0.460. The Hall–Kier alpha value is -1.05. The van der Waals surface area contributed by atoms with Gasteiger partial charge in [-0.25, -0.2) is 8.96 Å². The van der Waals surface area contributed by atoms with Crippen LogP contribution in [0.4, 0.5) is 0 Å². The van der Waals surface area contributed by atoms with Gasteiger partial charge in [-0.15, -0.1) is 0 Å². The summed E-state index contributed by atoms with van der Waals surface area (Å²) in [5, 5.41) is 0. The third kappa shape index (κ3) is 1.39. The third-order valence-corrected chi connectivity index (χ3v) is 3.28. The highest BCUT2D eigenvalue weighted by Gasteiger charge is 2.15. The summed E-state index contributed by atoms with van der Waals surface area (Å²) in [5.74, 6) is 0. The van der Waals surface area contributed by atoms with E-state index in [0.717, 1.165) is 3.97 Å². The minimum Gasteiger partial charge on any atom is -0.236 e. The fourth-order valence-corrected chi connectivity index (χ4v) is 2.00. The summed E-state index contributed by atoms with van der Waals surface area (Å²) < 4.78 is 27.6. The average Bonchev–Trinajstić information content (AvgIpc) is 2.61. The van der Waals surface area contributed by atoms with Crippen LogP contribution in [-0.2, 0) is 13.9 Å². The molecule has 5 nitrogen and oxygen atoms in total. The standard InChI is InChI=1S/C7H6N2O3S2/c10-14(11,12-13)9-5-8-6-3-1-2-4-7(6)9/h1-5,13H. The largest absolute Gasteiger partial charge is 0.378 e. The molecular formula is C7H6N2O3S2. The predicted molar refractivity (Wildman–Crippen MR) is 54.1 cm³/mol. The summed E-state index contributed by atoms with van der Waals surface area (Å²) >= 11 is 3.28. The Bertz CT molecular complexity index is 561. The highest BCUT2D eigenvalue weighted by molar-refractivity contribution is 7.94. The summed E-state index contributed by atoms with van der Waals surface area (Å²) in [6.07, 6.45) is 1.18. The van der Waals surface area contributed by atoms with Crippen LogP contribution in [0.25, 0.3) is 11.0 Å². The molecule has 1 aromatic carbocycles. The maximum absolute atomic E-state index is 11.3. The number of para-hydroxylation sites is 2. The first-order valence-electron chi connectivity index (χ1n) is 3.66. The van der Waals surface area contributed by atoms with Crippen LogP contribution in [0.3, 0.4) is 0 Å². The number of benzene rings is 1. The van der Waals surface area contributed by atoms with Crippen LogP contribution in [-0.4, -0.2) is 17.4 Å². The molecule has 0 amide bonds. The molecule has 0 unspecified atom stereocenters. The van der Waals surface area contributed by atoms with Crippen molar-refractivity contribution in [1.82, 2.24) is 8.96 Å². The second-order valence-electron chi connectivity index (χ2n) is 2.56. The molecule has 0 aliphatic heterocycles. The van der Waals surface area contributed by atoms with E-state index in [9.17, 15) is 8.42 Å². The Morgan fingerprint density at radius 3 is 2.79 bits per heavy atom. The molecule has 0 N–H and O–H groups in total. The lowest BCUT2D eigenvalue weighted by molar-refractivity contribution is 0.512. The number of aromatic nitrogens is 2. The van der Waals surface area contributed by atoms with E-state index in [1.807, 2.05) is 0 Å². The number of hydrogen-bond donors (Lipinski definition) is 1. The minimum atomic E-state index is -3.86. The van der Waals surface area contributed by atoms with Gasteiger partial charge in [0.15, 0.2) is 0 Å². The van der Waals surface area contributed by atoms with E-state index in [2.05, 4.69) is 21.5 Å². The van der Waals surface area contributed by atoms with E-state index in [-0.39, 0.29) is 0 Å². The summed E-state index contributed by atoms with van der Waals surface area (Å²) in [5.41, 5.74) is 1.04. The van der Waals surface area contributed by atoms with E-state index in [4.69, 9.17) is 0 Å². The zero-order valence-corrected chi connectivity index (χ0v) is 8.57. The van der Waals surface area contributed by atoms with Crippen LogP contribution in [0, 0.1) is 0 Å². The third-order valence-electron chi connectivity index (χ3n) is 1.76. The van der Waals surface area contributed by atoms with E-state index < -0.39 is 10.3 Å². The highest BCUT2D eigenvalue weighted by atomic mass is 32.3. The quantitative estimate of drug-likeness (QED) is 0.617. The summed E-state index contributed by atoms with van der Waals surface area (Å²) in [6, 6.07) is 6.83. The van der Waals surface area contributed by atoms with Gasteiger partial charge in [0.05, 0.1) is 11.0 Å².